The first-order valence-electron chi connectivity index (χ1n) is 3.95. The van der Waals surface area contributed by atoms with Crippen molar-refractivity contribution >= 4 is 23.2 Å². The Morgan fingerprint density at radius 3 is 2.67 bits per heavy atom. The van der Waals surface area contributed by atoms with Crippen LogP contribution in [0.4, 0.5) is 5.69 Å². The fourth-order valence-corrected chi connectivity index (χ4v) is 1.14. The first-order chi connectivity index (χ1) is 6.93. The van der Waals surface area contributed by atoms with Gasteiger partial charge < -0.3 is 4.90 Å². The molecule has 0 aliphatic rings. The smallest absolute Gasteiger partial charge is 0.300 e. The monoisotopic (exact) mass is 229 g/mol. The molecule has 0 aliphatic carbocycles. The number of hydrogen-bond acceptors (Lipinski definition) is 4. The molecule has 0 unspecified atom stereocenters. The molecule has 15 heavy (non-hydrogen) atoms. The summed E-state index contributed by atoms with van der Waals surface area (Å²) >= 11 is 5.57. The van der Waals surface area contributed by atoms with E-state index in [1.54, 1.807) is 0 Å². The molecular formula is C8H8ClN3O3. The Morgan fingerprint density at radius 1 is 1.60 bits per heavy atom. The molecule has 1 aromatic rings. The summed E-state index contributed by atoms with van der Waals surface area (Å²) in [6.07, 6.45) is 0.971. The molecule has 0 aromatic carbocycles. The summed E-state index contributed by atoms with van der Waals surface area (Å²) in [5.74, 6) is -0.481. The molecule has 0 aliphatic heterocycles. The molecule has 7 heteroatoms. The van der Waals surface area contributed by atoms with Crippen molar-refractivity contribution in [3.05, 3.63) is 33.1 Å². The van der Waals surface area contributed by atoms with Crippen molar-refractivity contribution in [1.82, 2.24) is 9.88 Å². The minimum Gasteiger partial charge on any atom is -0.345 e. The van der Waals surface area contributed by atoms with Gasteiger partial charge in [-0.2, -0.15) is 0 Å². The summed E-state index contributed by atoms with van der Waals surface area (Å²) in [5, 5.41) is 10.7. The van der Waals surface area contributed by atoms with Gasteiger partial charge in [0.05, 0.1) is 4.92 Å². The molecule has 0 radical (unpaired) electrons. The lowest BCUT2D eigenvalue weighted by Gasteiger charge is -2.09. The average molecular weight is 230 g/mol. The third kappa shape index (κ3) is 2.41. The Labute approximate surface area is 90.6 Å². The second kappa shape index (κ2) is 4.22. The fourth-order valence-electron chi connectivity index (χ4n) is 0.980. The van der Waals surface area contributed by atoms with Crippen LogP contribution < -0.4 is 0 Å². The number of amides is 1. The summed E-state index contributed by atoms with van der Waals surface area (Å²) in [7, 11) is 3.00. The molecule has 0 N–H and O–H groups in total. The Morgan fingerprint density at radius 2 is 2.20 bits per heavy atom. The van der Waals surface area contributed by atoms with Crippen molar-refractivity contribution in [3.63, 3.8) is 0 Å². The first kappa shape index (κ1) is 11.4. The lowest BCUT2D eigenvalue weighted by Crippen LogP contribution is -2.22. The van der Waals surface area contributed by atoms with Crippen molar-refractivity contribution in [2.24, 2.45) is 0 Å². The van der Waals surface area contributed by atoms with E-state index < -0.39 is 10.8 Å². The van der Waals surface area contributed by atoms with Crippen LogP contribution >= 0.6 is 11.6 Å². The van der Waals surface area contributed by atoms with Gasteiger partial charge in [0.2, 0.25) is 0 Å². The molecule has 0 saturated heterocycles. The second-order valence-electron chi connectivity index (χ2n) is 2.98. The van der Waals surface area contributed by atoms with E-state index >= 15 is 0 Å². The van der Waals surface area contributed by atoms with Gasteiger partial charge in [0.15, 0.2) is 0 Å². The van der Waals surface area contributed by atoms with Gasteiger partial charge in [-0.3, -0.25) is 14.9 Å². The van der Waals surface area contributed by atoms with E-state index in [9.17, 15) is 14.9 Å². The molecule has 0 fully saturated rings. The highest BCUT2D eigenvalue weighted by Gasteiger charge is 2.22. The van der Waals surface area contributed by atoms with Crippen LogP contribution in [-0.4, -0.2) is 34.8 Å². The maximum Gasteiger partial charge on any atom is 0.300 e. The van der Waals surface area contributed by atoms with Gasteiger partial charge in [-0.05, 0) is 6.07 Å². The minimum atomic E-state index is -0.667. The van der Waals surface area contributed by atoms with Crippen LogP contribution in [0.15, 0.2) is 12.3 Å². The van der Waals surface area contributed by atoms with Crippen LogP contribution in [0.3, 0.4) is 0 Å². The lowest BCUT2D eigenvalue weighted by molar-refractivity contribution is -0.385. The SMILES string of the molecule is CN(C)C(=O)c1cc(Cl)ncc1[N+](=O)[O-]. The zero-order valence-electron chi connectivity index (χ0n) is 8.10. The number of nitro groups is 1. The van der Waals surface area contributed by atoms with Gasteiger partial charge in [0.25, 0.3) is 11.6 Å². The number of nitrogens with zero attached hydrogens (tertiary/aromatic N) is 3. The summed E-state index contributed by atoms with van der Waals surface area (Å²) in [6.45, 7) is 0. The molecule has 0 saturated carbocycles. The van der Waals surface area contributed by atoms with E-state index in [4.69, 9.17) is 11.6 Å². The Balaban J connectivity index is 3.30. The van der Waals surface area contributed by atoms with E-state index in [-0.39, 0.29) is 16.4 Å². The predicted molar refractivity (Wildman–Crippen MR) is 53.9 cm³/mol. The second-order valence-corrected chi connectivity index (χ2v) is 3.37. The summed E-state index contributed by atoms with van der Waals surface area (Å²) < 4.78 is 0. The standard InChI is InChI=1S/C8H8ClN3O3/c1-11(2)8(13)5-3-7(9)10-4-6(5)12(14)15/h3-4H,1-2H3. The average Bonchev–Trinajstić information content (AvgIpc) is 2.15. The van der Waals surface area contributed by atoms with E-state index in [0.29, 0.717) is 0 Å². The summed E-state index contributed by atoms with van der Waals surface area (Å²) in [4.78, 5) is 26.3. The maximum absolute atomic E-state index is 11.6. The number of carbonyl (C=O) groups is 1. The number of pyridine rings is 1. The van der Waals surface area contributed by atoms with Crippen LogP contribution in [0.2, 0.25) is 5.15 Å². The van der Waals surface area contributed by atoms with Gasteiger partial charge in [-0.1, -0.05) is 11.6 Å². The highest BCUT2D eigenvalue weighted by molar-refractivity contribution is 6.29. The molecule has 6 nitrogen and oxygen atoms in total. The molecule has 0 bridgehead atoms. The third-order valence-corrected chi connectivity index (χ3v) is 1.89. The van der Waals surface area contributed by atoms with Gasteiger partial charge in [0.1, 0.15) is 16.9 Å². The first-order valence-corrected chi connectivity index (χ1v) is 4.33. The molecule has 1 rings (SSSR count). The molecule has 1 amide bonds. The molecule has 0 atom stereocenters. The highest BCUT2D eigenvalue weighted by atomic mass is 35.5. The number of carbonyl (C=O) groups excluding carboxylic acids is 1. The normalized spacial score (nSPS) is 9.80. The zero-order chi connectivity index (χ0) is 11.6. The fraction of sp³-hybridized carbons (Fsp3) is 0.250. The highest BCUT2D eigenvalue weighted by Crippen LogP contribution is 2.21. The largest absolute Gasteiger partial charge is 0.345 e. The topological polar surface area (TPSA) is 76.3 Å². The van der Waals surface area contributed by atoms with E-state index in [2.05, 4.69) is 4.98 Å². The number of rotatable bonds is 2. The number of aromatic nitrogens is 1. The van der Waals surface area contributed by atoms with Crippen LogP contribution in [0.1, 0.15) is 10.4 Å². The van der Waals surface area contributed by atoms with Crippen molar-refractivity contribution in [1.29, 1.82) is 0 Å². The molecular weight excluding hydrogens is 222 g/mol. The number of halogens is 1. The van der Waals surface area contributed by atoms with Gasteiger partial charge >= 0.3 is 0 Å². The third-order valence-electron chi connectivity index (χ3n) is 1.68. The quantitative estimate of drug-likeness (QED) is 0.436. The van der Waals surface area contributed by atoms with Gasteiger partial charge in [-0.25, -0.2) is 4.98 Å². The maximum atomic E-state index is 11.6. The van der Waals surface area contributed by atoms with Gasteiger partial charge in [0, 0.05) is 14.1 Å². The minimum absolute atomic E-state index is 0.0470. The van der Waals surface area contributed by atoms with Crippen LogP contribution in [-0.2, 0) is 0 Å². The van der Waals surface area contributed by atoms with Crippen molar-refractivity contribution in [2.45, 2.75) is 0 Å². The van der Waals surface area contributed by atoms with E-state index in [1.807, 2.05) is 0 Å². The van der Waals surface area contributed by atoms with Crippen molar-refractivity contribution in [3.8, 4) is 0 Å². The molecule has 1 aromatic heterocycles. The summed E-state index contributed by atoms with van der Waals surface area (Å²) in [6, 6.07) is 1.18. The van der Waals surface area contributed by atoms with E-state index in [0.717, 1.165) is 6.20 Å². The van der Waals surface area contributed by atoms with Crippen LogP contribution in [0.5, 0.6) is 0 Å². The molecule has 0 spiro atoms. The van der Waals surface area contributed by atoms with Gasteiger partial charge in [-0.15, -0.1) is 0 Å². The number of hydrogen-bond donors (Lipinski definition) is 0. The molecule has 80 valence electrons. The van der Waals surface area contributed by atoms with Crippen LogP contribution in [0, 0.1) is 10.1 Å². The summed E-state index contributed by atoms with van der Waals surface area (Å²) in [5.41, 5.74) is -0.414. The Kier molecular flexibility index (Phi) is 3.21. The molecule has 1 heterocycles. The zero-order valence-corrected chi connectivity index (χ0v) is 8.85. The Bertz CT molecular complexity index is 420. The van der Waals surface area contributed by atoms with E-state index in [1.165, 1.54) is 25.1 Å². The van der Waals surface area contributed by atoms with Crippen molar-refractivity contribution in [2.75, 3.05) is 14.1 Å². The lowest BCUT2D eigenvalue weighted by atomic mass is 10.2. The van der Waals surface area contributed by atoms with Crippen molar-refractivity contribution < 1.29 is 9.72 Å². The van der Waals surface area contributed by atoms with Crippen LogP contribution in [0.25, 0.3) is 0 Å². The Hall–Kier alpha value is -1.69. The predicted octanol–water partition coefficient (Wildman–Crippen LogP) is 1.34.